The number of hydrogen-bond acceptors (Lipinski definition) is 6. The molecule has 3 fully saturated rings. The molecule has 0 saturated heterocycles. The number of carbonyl (C=O) groups is 2. The van der Waals surface area contributed by atoms with Crippen molar-refractivity contribution in [1.82, 2.24) is 0 Å². The third kappa shape index (κ3) is 5.07. The maximum absolute atomic E-state index is 13.7. The van der Waals surface area contributed by atoms with Gasteiger partial charge in [-0.15, -0.1) is 0 Å². The molecule has 210 valence electrons. The molecule has 0 amide bonds. The molecule has 0 unspecified atom stereocenters. The van der Waals surface area contributed by atoms with Crippen LogP contribution in [0.25, 0.3) is 0 Å². The fourth-order valence-electron chi connectivity index (χ4n) is 9.46. The van der Waals surface area contributed by atoms with Crippen LogP contribution in [0, 0.1) is 52.3 Å². The lowest BCUT2D eigenvalue weighted by molar-refractivity contribution is -0.164. The van der Waals surface area contributed by atoms with Gasteiger partial charge < -0.3 is 20.1 Å². The highest BCUT2D eigenvalue weighted by atomic mass is 16.5. The normalized spacial score (nSPS) is 42.9. The van der Waals surface area contributed by atoms with Crippen LogP contribution in [-0.4, -0.2) is 52.0 Å². The van der Waals surface area contributed by atoms with Crippen molar-refractivity contribution in [3.63, 3.8) is 0 Å². The zero-order valence-electron chi connectivity index (χ0n) is 23.8. The van der Waals surface area contributed by atoms with E-state index >= 15 is 0 Å². The van der Waals surface area contributed by atoms with E-state index in [9.17, 15) is 24.9 Å². The Hall–Kier alpha value is -1.24. The van der Waals surface area contributed by atoms with Crippen molar-refractivity contribution in [3.05, 3.63) is 11.6 Å². The van der Waals surface area contributed by atoms with E-state index in [1.54, 1.807) is 6.08 Å². The van der Waals surface area contributed by atoms with E-state index in [2.05, 4.69) is 34.6 Å². The Balaban J connectivity index is 1.58. The molecule has 3 saturated carbocycles. The van der Waals surface area contributed by atoms with Gasteiger partial charge in [0.1, 0.15) is 6.10 Å². The molecular weight excluding hydrogens is 468 g/mol. The van der Waals surface area contributed by atoms with Crippen LogP contribution in [0.15, 0.2) is 11.6 Å². The van der Waals surface area contributed by atoms with Gasteiger partial charge in [-0.2, -0.15) is 0 Å². The number of carbonyl (C=O) groups excluding carboxylic acids is 2. The lowest BCUT2D eigenvalue weighted by Gasteiger charge is -2.59. The lowest BCUT2D eigenvalue weighted by Crippen LogP contribution is -2.60. The highest BCUT2D eigenvalue weighted by Crippen LogP contribution is 2.66. The van der Waals surface area contributed by atoms with Crippen LogP contribution in [0.2, 0.25) is 0 Å². The van der Waals surface area contributed by atoms with E-state index in [1.165, 1.54) is 6.92 Å². The summed E-state index contributed by atoms with van der Waals surface area (Å²) in [6.45, 7) is 12.7. The first-order chi connectivity index (χ1) is 17.3. The molecule has 0 aromatic heterocycles. The van der Waals surface area contributed by atoms with Crippen molar-refractivity contribution in [1.29, 1.82) is 0 Å². The molecule has 6 nitrogen and oxygen atoms in total. The predicted molar refractivity (Wildman–Crippen MR) is 142 cm³/mol. The van der Waals surface area contributed by atoms with Crippen LogP contribution in [0.5, 0.6) is 0 Å². The molecule has 4 aliphatic rings. The van der Waals surface area contributed by atoms with Crippen LogP contribution in [0.4, 0.5) is 0 Å². The maximum atomic E-state index is 13.7. The Morgan fingerprint density at radius 3 is 2.43 bits per heavy atom. The van der Waals surface area contributed by atoms with E-state index in [0.717, 1.165) is 37.7 Å². The fourth-order valence-corrected chi connectivity index (χ4v) is 9.46. The van der Waals surface area contributed by atoms with Gasteiger partial charge in [-0.3, -0.25) is 9.59 Å². The van der Waals surface area contributed by atoms with Crippen molar-refractivity contribution in [2.75, 3.05) is 6.61 Å². The van der Waals surface area contributed by atoms with E-state index < -0.39 is 12.2 Å². The van der Waals surface area contributed by atoms with Gasteiger partial charge in [0.25, 0.3) is 0 Å². The highest BCUT2D eigenvalue weighted by molar-refractivity contribution is 5.94. The Kier molecular flexibility index (Phi) is 8.34. The van der Waals surface area contributed by atoms with Crippen molar-refractivity contribution < 1.29 is 29.6 Å². The number of hydrogen-bond donors (Lipinski definition) is 3. The SMILES string of the molecule is CC(=O)O[C@H]1CC[C@@]2(C)C(=CC(=O)[C@H]3[C@@H]4[C@H](O)C[C@H]([C@H](C)CC[C@H](CCO)C(C)C)[C@@]4(C)C[C@@H](O)[C@@H]32)C1. The summed E-state index contributed by atoms with van der Waals surface area (Å²) in [6, 6.07) is 0. The first-order valence-corrected chi connectivity index (χ1v) is 14.7. The van der Waals surface area contributed by atoms with E-state index in [-0.39, 0.29) is 59.0 Å². The second kappa shape index (κ2) is 10.7. The average Bonchev–Trinajstić information content (AvgIpc) is 3.06. The summed E-state index contributed by atoms with van der Waals surface area (Å²) in [5, 5.41) is 32.7. The molecule has 3 N–H and O–H groups in total. The molecular formula is C31H50O6. The number of esters is 1. The summed E-state index contributed by atoms with van der Waals surface area (Å²) in [5.41, 5.74) is 0.379. The molecule has 4 rings (SSSR count). The first kappa shape index (κ1) is 28.8. The second-order valence-electron chi connectivity index (χ2n) is 13.8. The van der Waals surface area contributed by atoms with E-state index in [4.69, 9.17) is 4.74 Å². The van der Waals surface area contributed by atoms with Gasteiger partial charge in [-0.25, -0.2) is 0 Å². The van der Waals surface area contributed by atoms with Gasteiger partial charge >= 0.3 is 5.97 Å². The molecule has 11 atom stereocenters. The number of allylic oxidation sites excluding steroid dienone is 1. The summed E-state index contributed by atoms with van der Waals surface area (Å²) in [5.74, 6) is 0.608. The standard InChI is InChI=1S/C31H50O6/c1-17(2)20(10-12-32)8-7-18(3)23-15-25(35)28-27-24(34)14-21-13-22(37-19(4)33)9-11-30(21,5)29(27)26(36)16-31(23,28)6/h14,17-18,20,22-23,25-29,32,35-36H,7-13,15-16H2,1-6H3/t18-,20-,22+,23-,25-,26-,27+,28+,29+,30+,31-/m1/s1. The minimum atomic E-state index is -0.605. The smallest absolute Gasteiger partial charge is 0.302 e. The highest BCUT2D eigenvalue weighted by Gasteiger charge is 2.66. The molecule has 4 aliphatic carbocycles. The predicted octanol–water partition coefficient (Wildman–Crippen LogP) is 4.69. The molecule has 0 bridgehead atoms. The molecule has 0 aromatic rings. The topological polar surface area (TPSA) is 104 Å². The zero-order valence-corrected chi connectivity index (χ0v) is 23.8. The van der Waals surface area contributed by atoms with Gasteiger partial charge in [-0.1, -0.05) is 46.6 Å². The average molecular weight is 519 g/mol. The summed E-state index contributed by atoms with van der Waals surface area (Å²) in [7, 11) is 0. The number of ketones is 1. The van der Waals surface area contributed by atoms with Crippen molar-refractivity contribution in [2.45, 2.75) is 111 Å². The number of ether oxygens (including phenoxy) is 1. The minimum absolute atomic E-state index is 0.0334. The first-order valence-electron chi connectivity index (χ1n) is 14.7. The summed E-state index contributed by atoms with van der Waals surface area (Å²) < 4.78 is 5.49. The quantitative estimate of drug-likeness (QED) is 0.403. The Bertz CT molecular complexity index is 896. The van der Waals surface area contributed by atoms with Crippen molar-refractivity contribution in [2.24, 2.45) is 52.3 Å². The monoisotopic (exact) mass is 518 g/mol. The third-order valence-electron chi connectivity index (χ3n) is 11.4. The maximum Gasteiger partial charge on any atom is 0.302 e. The molecule has 0 spiro atoms. The van der Waals surface area contributed by atoms with Crippen LogP contribution in [0.3, 0.4) is 0 Å². The minimum Gasteiger partial charge on any atom is -0.462 e. The van der Waals surface area contributed by atoms with Gasteiger partial charge in [-0.05, 0) is 79.1 Å². The molecule has 0 radical (unpaired) electrons. The zero-order chi connectivity index (χ0) is 27.3. The molecule has 6 heteroatoms. The van der Waals surface area contributed by atoms with Gasteiger partial charge in [0.2, 0.25) is 0 Å². The third-order valence-corrected chi connectivity index (χ3v) is 11.4. The van der Waals surface area contributed by atoms with Gasteiger partial charge in [0.15, 0.2) is 5.78 Å². The largest absolute Gasteiger partial charge is 0.462 e. The number of fused-ring (bicyclic) bond motifs is 5. The van der Waals surface area contributed by atoms with Gasteiger partial charge in [0.05, 0.1) is 12.2 Å². The van der Waals surface area contributed by atoms with Crippen LogP contribution in [0.1, 0.15) is 92.9 Å². The molecule has 37 heavy (non-hydrogen) atoms. The number of rotatable bonds is 8. The van der Waals surface area contributed by atoms with E-state index in [1.807, 2.05) is 0 Å². The summed E-state index contributed by atoms with van der Waals surface area (Å²) >= 11 is 0. The van der Waals surface area contributed by atoms with Crippen molar-refractivity contribution in [3.8, 4) is 0 Å². The fraction of sp³-hybridized carbons (Fsp3) is 0.871. The molecule has 0 aromatic carbocycles. The van der Waals surface area contributed by atoms with E-state index in [0.29, 0.717) is 37.0 Å². The van der Waals surface area contributed by atoms with Crippen molar-refractivity contribution >= 4 is 11.8 Å². The van der Waals surface area contributed by atoms with Gasteiger partial charge in [0, 0.05) is 37.7 Å². The lowest BCUT2D eigenvalue weighted by atomic mass is 9.45. The van der Waals surface area contributed by atoms with Crippen LogP contribution >= 0.6 is 0 Å². The Morgan fingerprint density at radius 1 is 1.11 bits per heavy atom. The summed E-state index contributed by atoms with van der Waals surface area (Å²) in [4.78, 5) is 25.3. The second-order valence-corrected chi connectivity index (χ2v) is 13.8. The summed E-state index contributed by atoms with van der Waals surface area (Å²) in [6.07, 6.45) is 6.65. The van der Waals surface area contributed by atoms with Crippen LogP contribution in [-0.2, 0) is 14.3 Å². The Labute approximate surface area is 223 Å². The van der Waals surface area contributed by atoms with Crippen LogP contribution < -0.4 is 0 Å². The number of aliphatic hydroxyl groups is 3. The Morgan fingerprint density at radius 2 is 1.81 bits per heavy atom. The molecule has 0 aliphatic heterocycles. The molecule has 0 heterocycles. The number of aliphatic hydroxyl groups excluding tert-OH is 3.